The maximum atomic E-state index is 12.4. The largest absolute Gasteiger partial charge is 0.449 e. The minimum absolute atomic E-state index is 0.136. The molecule has 2 aromatic heterocycles. The summed E-state index contributed by atoms with van der Waals surface area (Å²) < 4.78 is 5.58. The first kappa shape index (κ1) is 14.1. The number of hydrogen-bond acceptors (Lipinski definition) is 3. The molecule has 2 aromatic rings. The molecule has 2 heterocycles. The number of carbonyl (C=O) groups excluding carboxylic acids is 1. The number of nitrogens with zero attached hydrogens (tertiary/aromatic N) is 1. The second-order valence-corrected chi connectivity index (χ2v) is 7.08. The van der Waals surface area contributed by atoms with E-state index >= 15 is 0 Å². The normalized spacial score (nSPS) is 24.9. The molecule has 2 atom stereocenters. The van der Waals surface area contributed by atoms with Gasteiger partial charge in [0.05, 0.1) is 0 Å². The van der Waals surface area contributed by atoms with E-state index in [4.69, 9.17) is 4.42 Å². The minimum atomic E-state index is -0.136. The van der Waals surface area contributed by atoms with Crippen LogP contribution in [0.3, 0.4) is 0 Å². The molecule has 0 radical (unpaired) electrons. The molecular weight excluding hydrogens is 264 g/mol. The summed E-state index contributed by atoms with van der Waals surface area (Å²) in [5, 5.41) is 3.12. The van der Waals surface area contributed by atoms with Gasteiger partial charge in [-0.1, -0.05) is 20.8 Å². The summed E-state index contributed by atoms with van der Waals surface area (Å²) in [5.74, 6) is 0.846. The lowest BCUT2D eigenvalue weighted by Crippen LogP contribution is -2.42. The van der Waals surface area contributed by atoms with E-state index in [-0.39, 0.29) is 17.4 Å². The van der Waals surface area contributed by atoms with Crippen LogP contribution in [0, 0.1) is 11.3 Å². The molecule has 1 aliphatic carbocycles. The summed E-state index contributed by atoms with van der Waals surface area (Å²) in [6, 6.07) is 5.56. The van der Waals surface area contributed by atoms with Crippen LogP contribution in [-0.2, 0) is 0 Å². The molecule has 1 fully saturated rings. The van der Waals surface area contributed by atoms with E-state index in [1.54, 1.807) is 18.3 Å². The molecule has 0 bridgehead atoms. The van der Waals surface area contributed by atoms with Gasteiger partial charge in [0.25, 0.3) is 5.91 Å². The Bertz CT molecular complexity index is 627. The van der Waals surface area contributed by atoms with Crippen molar-refractivity contribution in [2.45, 2.75) is 46.1 Å². The Kier molecular flexibility index (Phi) is 3.47. The molecule has 1 amide bonds. The van der Waals surface area contributed by atoms with Crippen molar-refractivity contribution in [3.8, 4) is 0 Å². The second kappa shape index (κ2) is 5.17. The van der Waals surface area contributed by atoms with Crippen molar-refractivity contribution in [3.63, 3.8) is 0 Å². The van der Waals surface area contributed by atoms with Crippen molar-refractivity contribution in [2.24, 2.45) is 11.3 Å². The number of hydrogen-bond donors (Lipinski definition) is 1. The molecule has 1 saturated carbocycles. The highest BCUT2D eigenvalue weighted by atomic mass is 16.3. The lowest BCUT2D eigenvalue weighted by atomic mass is 9.70. The quantitative estimate of drug-likeness (QED) is 0.914. The van der Waals surface area contributed by atoms with Crippen LogP contribution in [0.5, 0.6) is 0 Å². The Labute approximate surface area is 124 Å². The molecule has 1 N–H and O–H groups in total. The predicted octanol–water partition coefficient (Wildman–Crippen LogP) is 3.77. The van der Waals surface area contributed by atoms with Crippen LogP contribution in [-0.4, -0.2) is 16.9 Å². The Balaban J connectivity index is 1.73. The van der Waals surface area contributed by atoms with Gasteiger partial charge in [0.1, 0.15) is 5.52 Å². The minimum Gasteiger partial charge on any atom is -0.449 e. The third kappa shape index (κ3) is 3.09. The van der Waals surface area contributed by atoms with E-state index in [1.165, 1.54) is 6.42 Å². The van der Waals surface area contributed by atoms with Gasteiger partial charge < -0.3 is 9.73 Å². The topological polar surface area (TPSA) is 55.1 Å². The first-order valence-corrected chi connectivity index (χ1v) is 7.58. The van der Waals surface area contributed by atoms with Gasteiger partial charge in [-0.2, -0.15) is 0 Å². The molecule has 21 heavy (non-hydrogen) atoms. The highest BCUT2D eigenvalue weighted by molar-refractivity contribution is 5.95. The number of carbonyl (C=O) groups is 1. The van der Waals surface area contributed by atoms with Gasteiger partial charge in [0, 0.05) is 18.3 Å². The van der Waals surface area contributed by atoms with Crippen molar-refractivity contribution in [2.75, 3.05) is 0 Å². The SMILES string of the molecule is CC1CC(NC(=O)c2cc3ncccc3o2)CC(C)(C)C1. The number of fused-ring (bicyclic) bond motifs is 1. The van der Waals surface area contributed by atoms with Crippen LogP contribution in [0.2, 0.25) is 0 Å². The first-order chi connectivity index (χ1) is 9.93. The number of amides is 1. The summed E-state index contributed by atoms with van der Waals surface area (Å²) >= 11 is 0. The molecule has 4 nitrogen and oxygen atoms in total. The maximum Gasteiger partial charge on any atom is 0.287 e. The fourth-order valence-electron chi connectivity index (χ4n) is 3.69. The molecule has 0 aromatic carbocycles. The summed E-state index contributed by atoms with van der Waals surface area (Å²) in [6.45, 7) is 6.80. The summed E-state index contributed by atoms with van der Waals surface area (Å²) in [5.41, 5.74) is 1.66. The number of aromatic nitrogens is 1. The van der Waals surface area contributed by atoms with E-state index in [2.05, 4.69) is 31.1 Å². The van der Waals surface area contributed by atoms with Gasteiger partial charge in [-0.25, -0.2) is 0 Å². The Morgan fingerprint density at radius 3 is 2.95 bits per heavy atom. The zero-order valence-corrected chi connectivity index (χ0v) is 12.8. The summed E-state index contributed by atoms with van der Waals surface area (Å²) in [6.07, 6.45) is 4.97. The monoisotopic (exact) mass is 286 g/mol. The van der Waals surface area contributed by atoms with E-state index < -0.39 is 0 Å². The zero-order chi connectivity index (χ0) is 15.0. The standard InChI is InChI=1S/C17H22N2O2/c1-11-7-12(10-17(2,3)9-11)19-16(20)15-8-13-14(21-15)5-4-6-18-13/h4-6,8,11-12H,7,9-10H2,1-3H3,(H,19,20). The third-order valence-corrected chi connectivity index (χ3v) is 4.23. The fraction of sp³-hybridized carbons (Fsp3) is 0.529. The van der Waals surface area contributed by atoms with Crippen molar-refractivity contribution in [3.05, 3.63) is 30.2 Å². The smallest absolute Gasteiger partial charge is 0.287 e. The van der Waals surface area contributed by atoms with Crippen LogP contribution < -0.4 is 5.32 Å². The van der Waals surface area contributed by atoms with E-state index in [9.17, 15) is 4.79 Å². The highest BCUT2D eigenvalue weighted by Gasteiger charge is 2.33. The van der Waals surface area contributed by atoms with Crippen LogP contribution in [0.25, 0.3) is 11.1 Å². The van der Waals surface area contributed by atoms with Gasteiger partial charge in [0.15, 0.2) is 11.3 Å². The molecule has 0 spiro atoms. The summed E-state index contributed by atoms with van der Waals surface area (Å²) in [4.78, 5) is 16.6. The van der Waals surface area contributed by atoms with Gasteiger partial charge >= 0.3 is 0 Å². The van der Waals surface area contributed by atoms with Crippen LogP contribution in [0.15, 0.2) is 28.8 Å². The second-order valence-electron chi connectivity index (χ2n) is 7.08. The molecule has 3 rings (SSSR count). The lowest BCUT2D eigenvalue weighted by Gasteiger charge is -2.39. The molecular formula is C17H22N2O2. The van der Waals surface area contributed by atoms with Crippen molar-refractivity contribution >= 4 is 17.0 Å². The molecule has 0 saturated heterocycles. The van der Waals surface area contributed by atoms with Gasteiger partial charge in [-0.05, 0) is 42.7 Å². The van der Waals surface area contributed by atoms with E-state index in [0.717, 1.165) is 18.4 Å². The Morgan fingerprint density at radius 1 is 1.43 bits per heavy atom. The van der Waals surface area contributed by atoms with Crippen molar-refractivity contribution < 1.29 is 9.21 Å². The predicted molar refractivity (Wildman–Crippen MR) is 82.1 cm³/mol. The van der Waals surface area contributed by atoms with Gasteiger partial charge in [-0.15, -0.1) is 0 Å². The van der Waals surface area contributed by atoms with Crippen LogP contribution in [0.1, 0.15) is 50.6 Å². The lowest BCUT2D eigenvalue weighted by molar-refractivity contribution is 0.0849. The fourth-order valence-corrected chi connectivity index (χ4v) is 3.69. The molecule has 2 unspecified atom stereocenters. The van der Waals surface area contributed by atoms with E-state index in [0.29, 0.717) is 17.3 Å². The average Bonchev–Trinajstić information content (AvgIpc) is 2.79. The maximum absolute atomic E-state index is 12.4. The third-order valence-electron chi connectivity index (χ3n) is 4.23. The van der Waals surface area contributed by atoms with Gasteiger partial charge in [0.2, 0.25) is 0 Å². The highest BCUT2D eigenvalue weighted by Crippen LogP contribution is 2.38. The molecule has 4 heteroatoms. The summed E-state index contributed by atoms with van der Waals surface area (Å²) in [7, 11) is 0. The zero-order valence-electron chi connectivity index (χ0n) is 12.8. The van der Waals surface area contributed by atoms with Crippen molar-refractivity contribution in [1.29, 1.82) is 0 Å². The number of pyridine rings is 1. The molecule has 0 aliphatic heterocycles. The average molecular weight is 286 g/mol. The number of nitrogens with one attached hydrogen (secondary N) is 1. The number of furan rings is 1. The Morgan fingerprint density at radius 2 is 2.24 bits per heavy atom. The molecule has 1 aliphatic rings. The van der Waals surface area contributed by atoms with Crippen LogP contribution >= 0.6 is 0 Å². The Hall–Kier alpha value is -1.84. The van der Waals surface area contributed by atoms with Crippen molar-refractivity contribution in [1.82, 2.24) is 10.3 Å². The van der Waals surface area contributed by atoms with Crippen LogP contribution in [0.4, 0.5) is 0 Å². The van der Waals surface area contributed by atoms with E-state index in [1.807, 2.05) is 6.07 Å². The number of rotatable bonds is 2. The van der Waals surface area contributed by atoms with Gasteiger partial charge in [-0.3, -0.25) is 9.78 Å². The first-order valence-electron chi connectivity index (χ1n) is 7.58. The molecule has 112 valence electrons.